The van der Waals surface area contributed by atoms with E-state index in [2.05, 4.69) is 5.32 Å². The molecule has 5 heteroatoms. The van der Waals surface area contributed by atoms with E-state index < -0.39 is 5.60 Å². The van der Waals surface area contributed by atoms with Gasteiger partial charge >= 0.3 is 6.03 Å². The maximum atomic E-state index is 12.4. The molecular formula is C19H25N3O2. The summed E-state index contributed by atoms with van der Waals surface area (Å²) in [6, 6.07) is 17.3. The molecule has 2 N–H and O–H groups in total. The molecule has 0 spiro atoms. The van der Waals surface area contributed by atoms with E-state index in [9.17, 15) is 9.90 Å². The number of urea groups is 1. The first-order valence-corrected chi connectivity index (χ1v) is 7.90. The third kappa shape index (κ3) is 4.73. The van der Waals surface area contributed by atoms with Gasteiger partial charge in [-0.1, -0.05) is 30.3 Å². The van der Waals surface area contributed by atoms with E-state index in [1.807, 2.05) is 66.5 Å². The molecule has 0 aromatic heterocycles. The van der Waals surface area contributed by atoms with E-state index in [4.69, 9.17) is 0 Å². The maximum absolute atomic E-state index is 12.4. The second-order valence-electron chi connectivity index (χ2n) is 6.51. The van der Waals surface area contributed by atoms with Crippen LogP contribution in [0.1, 0.15) is 13.8 Å². The average molecular weight is 327 g/mol. The van der Waals surface area contributed by atoms with Crippen LogP contribution in [0, 0.1) is 0 Å². The SMILES string of the molecule is CN(CC(C)(C)O)C(=O)Nc1ccccc1N(C)c1ccccc1. The standard InChI is InChI=1S/C19H25N3O2/c1-19(2,24)14-21(3)18(23)20-16-12-8-9-13-17(16)22(4)15-10-6-5-7-11-15/h5-13,24H,14H2,1-4H3,(H,20,23). The highest BCUT2D eigenvalue weighted by Crippen LogP contribution is 2.30. The first-order chi connectivity index (χ1) is 11.3. The average Bonchev–Trinajstić information content (AvgIpc) is 2.54. The molecule has 0 saturated carbocycles. The van der Waals surface area contributed by atoms with Crippen molar-refractivity contribution >= 4 is 23.1 Å². The number of likely N-dealkylation sites (N-methyl/N-ethyl adjacent to an activating group) is 1. The van der Waals surface area contributed by atoms with Gasteiger partial charge in [0.1, 0.15) is 0 Å². The number of benzene rings is 2. The number of carbonyl (C=O) groups excluding carboxylic acids is 1. The first-order valence-electron chi connectivity index (χ1n) is 7.90. The van der Waals surface area contributed by atoms with Crippen LogP contribution in [0.4, 0.5) is 21.9 Å². The number of aliphatic hydroxyl groups is 1. The molecule has 0 aliphatic carbocycles. The molecule has 2 rings (SSSR count). The molecule has 24 heavy (non-hydrogen) atoms. The molecule has 2 aromatic carbocycles. The smallest absolute Gasteiger partial charge is 0.321 e. The molecule has 2 amide bonds. The first kappa shape index (κ1) is 17.8. The van der Waals surface area contributed by atoms with Crippen molar-refractivity contribution in [1.82, 2.24) is 4.90 Å². The summed E-state index contributed by atoms with van der Waals surface area (Å²) in [5.41, 5.74) is 1.71. The molecule has 0 bridgehead atoms. The molecular weight excluding hydrogens is 302 g/mol. The van der Waals surface area contributed by atoms with Gasteiger partial charge in [-0.3, -0.25) is 0 Å². The number of hydrogen-bond acceptors (Lipinski definition) is 3. The summed E-state index contributed by atoms with van der Waals surface area (Å²) in [4.78, 5) is 15.9. The Hall–Kier alpha value is -2.53. The van der Waals surface area contributed by atoms with E-state index in [-0.39, 0.29) is 12.6 Å². The molecule has 0 fully saturated rings. The van der Waals surface area contributed by atoms with Crippen LogP contribution >= 0.6 is 0 Å². The summed E-state index contributed by atoms with van der Waals surface area (Å²) in [5, 5.41) is 12.8. The lowest BCUT2D eigenvalue weighted by Crippen LogP contribution is -2.41. The molecule has 2 aromatic rings. The number of nitrogens with one attached hydrogen (secondary N) is 1. The Morgan fingerprint density at radius 2 is 1.62 bits per heavy atom. The Kier molecular flexibility index (Phi) is 5.46. The minimum atomic E-state index is -0.938. The van der Waals surface area contributed by atoms with Crippen LogP contribution in [-0.4, -0.2) is 42.3 Å². The van der Waals surface area contributed by atoms with Gasteiger partial charge in [0, 0.05) is 19.8 Å². The molecule has 128 valence electrons. The van der Waals surface area contributed by atoms with Crippen LogP contribution < -0.4 is 10.2 Å². The van der Waals surface area contributed by atoms with Crippen LogP contribution in [0.2, 0.25) is 0 Å². The summed E-state index contributed by atoms with van der Waals surface area (Å²) in [6.45, 7) is 3.59. The van der Waals surface area contributed by atoms with Crippen molar-refractivity contribution in [2.75, 3.05) is 30.9 Å². The van der Waals surface area contributed by atoms with Crippen molar-refractivity contribution < 1.29 is 9.90 Å². The number of amides is 2. The van der Waals surface area contributed by atoms with Gasteiger partial charge in [-0.2, -0.15) is 0 Å². The van der Waals surface area contributed by atoms with Gasteiger partial charge in [0.15, 0.2) is 0 Å². The molecule has 0 aliphatic rings. The molecule has 0 radical (unpaired) electrons. The van der Waals surface area contributed by atoms with E-state index in [0.717, 1.165) is 17.1 Å². The highest BCUT2D eigenvalue weighted by Gasteiger charge is 2.20. The van der Waals surface area contributed by atoms with Gasteiger partial charge in [0.05, 0.1) is 23.5 Å². The number of rotatable bonds is 5. The second kappa shape index (κ2) is 7.36. The normalized spacial score (nSPS) is 11.0. The van der Waals surface area contributed by atoms with Crippen molar-refractivity contribution in [3.8, 4) is 0 Å². The minimum absolute atomic E-state index is 0.246. The zero-order valence-electron chi connectivity index (χ0n) is 14.7. The Morgan fingerprint density at radius 1 is 1.04 bits per heavy atom. The summed E-state index contributed by atoms with van der Waals surface area (Å²) in [5.74, 6) is 0. The molecule has 0 unspecified atom stereocenters. The predicted octanol–water partition coefficient (Wildman–Crippen LogP) is 3.69. The molecule has 0 atom stereocenters. The molecule has 0 heterocycles. The van der Waals surface area contributed by atoms with Crippen LogP contribution in [0.5, 0.6) is 0 Å². The van der Waals surface area contributed by atoms with Crippen molar-refractivity contribution in [3.05, 3.63) is 54.6 Å². The molecule has 5 nitrogen and oxygen atoms in total. The van der Waals surface area contributed by atoms with Gasteiger partial charge < -0.3 is 20.2 Å². The van der Waals surface area contributed by atoms with E-state index in [1.54, 1.807) is 20.9 Å². The quantitative estimate of drug-likeness (QED) is 0.880. The Bertz CT molecular complexity index is 681. The van der Waals surface area contributed by atoms with Crippen molar-refractivity contribution in [3.63, 3.8) is 0 Å². The minimum Gasteiger partial charge on any atom is -0.389 e. The summed E-state index contributed by atoms with van der Waals surface area (Å²) < 4.78 is 0. The van der Waals surface area contributed by atoms with Crippen molar-refractivity contribution in [2.24, 2.45) is 0 Å². The zero-order valence-corrected chi connectivity index (χ0v) is 14.7. The Labute approximate surface area is 143 Å². The van der Waals surface area contributed by atoms with E-state index in [1.165, 1.54) is 4.90 Å². The molecule has 0 aliphatic heterocycles. The van der Waals surface area contributed by atoms with Crippen molar-refractivity contribution in [1.29, 1.82) is 0 Å². The van der Waals surface area contributed by atoms with E-state index in [0.29, 0.717) is 0 Å². The van der Waals surface area contributed by atoms with Gasteiger partial charge in [0.2, 0.25) is 0 Å². The number of anilines is 3. The fraction of sp³-hybridized carbons (Fsp3) is 0.316. The van der Waals surface area contributed by atoms with Crippen LogP contribution in [0.3, 0.4) is 0 Å². The van der Waals surface area contributed by atoms with Crippen LogP contribution in [-0.2, 0) is 0 Å². The summed E-state index contributed by atoms with van der Waals surface area (Å²) >= 11 is 0. The summed E-state index contributed by atoms with van der Waals surface area (Å²) in [7, 11) is 3.62. The van der Waals surface area contributed by atoms with Gasteiger partial charge in [0.25, 0.3) is 0 Å². The van der Waals surface area contributed by atoms with Gasteiger partial charge in [-0.15, -0.1) is 0 Å². The highest BCUT2D eigenvalue weighted by atomic mass is 16.3. The zero-order chi connectivity index (χ0) is 17.7. The summed E-state index contributed by atoms with van der Waals surface area (Å²) in [6.07, 6.45) is 0. The maximum Gasteiger partial charge on any atom is 0.321 e. The topological polar surface area (TPSA) is 55.8 Å². The fourth-order valence-corrected chi connectivity index (χ4v) is 2.53. The van der Waals surface area contributed by atoms with Gasteiger partial charge in [-0.25, -0.2) is 4.79 Å². The Balaban J connectivity index is 2.19. The number of carbonyl (C=O) groups is 1. The van der Waals surface area contributed by atoms with Crippen molar-refractivity contribution in [2.45, 2.75) is 19.4 Å². The van der Waals surface area contributed by atoms with Gasteiger partial charge in [-0.05, 0) is 38.1 Å². The number of para-hydroxylation sites is 3. The Morgan fingerprint density at radius 3 is 2.25 bits per heavy atom. The lowest BCUT2D eigenvalue weighted by molar-refractivity contribution is 0.0550. The monoisotopic (exact) mass is 327 g/mol. The molecule has 0 saturated heterocycles. The van der Waals surface area contributed by atoms with Crippen LogP contribution in [0.15, 0.2) is 54.6 Å². The van der Waals surface area contributed by atoms with Crippen LogP contribution in [0.25, 0.3) is 0 Å². The van der Waals surface area contributed by atoms with E-state index >= 15 is 0 Å². The lowest BCUT2D eigenvalue weighted by atomic mass is 10.1. The second-order valence-corrected chi connectivity index (χ2v) is 6.51. The predicted molar refractivity (Wildman–Crippen MR) is 98.9 cm³/mol. The number of hydrogen-bond donors (Lipinski definition) is 2. The fourth-order valence-electron chi connectivity index (χ4n) is 2.53. The number of nitrogens with zero attached hydrogens (tertiary/aromatic N) is 2. The third-order valence-corrected chi connectivity index (χ3v) is 3.62. The third-order valence-electron chi connectivity index (χ3n) is 3.62. The largest absolute Gasteiger partial charge is 0.389 e. The highest BCUT2D eigenvalue weighted by molar-refractivity contribution is 5.94. The lowest BCUT2D eigenvalue weighted by Gasteiger charge is -2.27.